The predicted molar refractivity (Wildman–Crippen MR) is 66.9 cm³/mol. The fraction of sp³-hybridized carbons (Fsp3) is 0.462. The maximum atomic E-state index is 5.60. The first-order valence-corrected chi connectivity index (χ1v) is 6.01. The highest BCUT2D eigenvalue weighted by atomic mass is 16.3. The third-order valence-electron chi connectivity index (χ3n) is 2.84. The van der Waals surface area contributed by atoms with Gasteiger partial charge in [-0.3, -0.25) is 5.10 Å². The van der Waals surface area contributed by atoms with Crippen molar-refractivity contribution in [2.45, 2.75) is 33.2 Å². The molecule has 0 aliphatic heterocycles. The molecule has 2 N–H and O–H groups in total. The Morgan fingerprint density at radius 1 is 1.47 bits per heavy atom. The van der Waals surface area contributed by atoms with E-state index in [9.17, 15) is 0 Å². The van der Waals surface area contributed by atoms with E-state index in [2.05, 4.69) is 28.5 Å². The quantitative estimate of drug-likeness (QED) is 0.834. The van der Waals surface area contributed by atoms with Crippen LogP contribution in [0.1, 0.15) is 42.0 Å². The number of furan rings is 1. The van der Waals surface area contributed by atoms with E-state index < -0.39 is 0 Å². The molecule has 17 heavy (non-hydrogen) atoms. The molecule has 1 atom stereocenters. The Kier molecular flexibility index (Phi) is 3.64. The van der Waals surface area contributed by atoms with Crippen molar-refractivity contribution in [3.8, 4) is 0 Å². The average Bonchev–Trinajstić information content (AvgIpc) is 2.90. The first-order valence-electron chi connectivity index (χ1n) is 6.01. The molecule has 2 aromatic rings. The van der Waals surface area contributed by atoms with Crippen LogP contribution in [0.3, 0.4) is 0 Å². The van der Waals surface area contributed by atoms with Gasteiger partial charge < -0.3 is 9.73 Å². The number of nitrogens with one attached hydrogen (secondary N) is 2. The zero-order valence-corrected chi connectivity index (χ0v) is 10.6. The fourth-order valence-corrected chi connectivity index (χ4v) is 2.05. The fourth-order valence-electron chi connectivity index (χ4n) is 2.05. The number of rotatable bonds is 5. The summed E-state index contributed by atoms with van der Waals surface area (Å²) in [4.78, 5) is 0. The van der Waals surface area contributed by atoms with E-state index in [0.29, 0.717) is 0 Å². The standard InChI is InChI=1S/C13H19N3O/c1-4-5-14-13(11-7-15-16-8-11)12-6-9(2)17-10(12)3/h6-8,13-14H,4-5H2,1-3H3,(H,15,16). The van der Waals surface area contributed by atoms with Gasteiger partial charge in [0.1, 0.15) is 11.5 Å². The van der Waals surface area contributed by atoms with Crippen LogP contribution < -0.4 is 5.32 Å². The maximum absolute atomic E-state index is 5.60. The van der Waals surface area contributed by atoms with E-state index in [1.807, 2.05) is 26.2 Å². The van der Waals surface area contributed by atoms with Gasteiger partial charge in [-0.2, -0.15) is 5.10 Å². The van der Waals surface area contributed by atoms with E-state index in [4.69, 9.17) is 4.42 Å². The first-order chi connectivity index (χ1) is 8.22. The Balaban J connectivity index is 2.30. The molecule has 2 heterocycles. The number of hydrogen-bond donors (Lipinski definition) is 2. The number of aromatic nitrogens is 2. The van der Waals surface area contributed by atoms with Gasteiger partial charge in [-0.1, -0.05) is 6.92 Å². The van der Waals surface area contributed by atoms with Crippen LogP contribution in [0.5, 0.6) is 0 Å². The molecular formula is C13H19N3O. The molecule has 0 fully saturated rings. The van der Waals surface area contributed by atoms with Crippen molar-refractivity contribution in [2.75, 3.05) is 6.54 Å². The third-order valence-corrected chi connectivity index (χ3v) is 2.84. The summed E-state index contributed by atoms with van der Waals surface area (Å²) in [6.45, 7) is 7.11. The minimum absolute atomic E-state index is 0.158. The highest BCUT2D eigenvalue weighted by molar-refractivity contribution is 5.32. The van der Waals surface area contributed by atoms with E-state index in [-0.39, 0.29) is 6.04 Å². The molecule has 0 aliphatic carbocycles. The van der Waals surface area contributed by atoms with Crippen LogP contribution in [0, 0.1) is 13.8 Å². The van der Waals surface area contributed by atoms with Crippen LogP contribution in [0.15, 0.2) is 22.9 Å². The Bertz CT molecular complexity index is 459. The lowest BCUT2D eigenvalue weighted by Gasteiger charge is -2.16. The van der Waals surface area contributed by atoms with Gasteiger partial charge in [0.15, 0.2) is 0 Å². The van der Waals surface area contributed by atoms with Crippen molar-refractivity contribution < 1.29 is 4.42 Å². The van der Waals surface area contributed by atoms with Crippen molar-refractivity contribution in [1.29, 1.82) is 0 Å². The molecule has 0 bridgehead atoms. The lowest BCUT2D eigenvalue weighted by atomic mass is 10.0. The molecule has 0 spiro atoms. The molecule has 0 saturated carbocycles. The van der Waals surface area contributed by atoms with Gasteiger partial charge in [-0.15, -0.1) is 0 Å². The largest absolute Gasteiger partial charge is 0.466 e. The zero-order chi connectivity index (χ0) is 12.3. The van der Waals surface area contributed by atoms with Crippen molar-refractivity contribution in [2.24, 2.45) is 0 Å². The normalized spacial score (nSPS) is 12.9. The van der Waals surface area contributed by atoms with E-state index in [0.717, 1.165) is 30.0 Å². The van der Waals surface area contributed by atoms with Gasteiger partial charge in [-0.05, 0) is 32.9 Å². The van der Waals surface area contributed by atoms with Gasteiger partial charge in [0.25, 0.3) is 0 Å². The molecule has 0 aliphatic rings. The first kappa shape index (κ1) is 11.9. The Labute approximate surface area is 101 Å². The lowest BCUT2D eigenvalue weighted by molar-refractivity contribution is 0.493. The second-order valence-electron chi connectivity index (χ2n) is 4.29. The molecule has 2 aromatic heterocycles. The summed E-state index contributed by atoms with van der Waals surface area (Å²) in [7, 11) is 0. The summed E-state index contributed by atoms with van der Waals surface area (Å²) in [5.74, 6) is 1.92. The zero-order valence-electron chi connectivity index (χ0n) is 10.6. The molecular weight excluding hydrogens is 214 g/mol. The predicted octanol–water partition coefficient (Wildman–Crippen LogP) is 2.71. The molecule has 1 unspecified atom stereocenters. The number of aromatic amines is 1. The number of nitrogens with zero attached hydrogens (tertiary/aromatic N) is 1. The molecule has 92 valence electrons. The summed E-state index contributed by atoms with van der Waals surface area (Å²) in [5.41, 5.74) is 2.33. The summed E-state index contributed by atoms with van der Waals surface area (Å²) in [6.07, 6.45) is 4.88. The summed E-state index contributed by atoms with van der Waals surface area (Å²) >= 11 is 0. The van der Waals surface area contributed by atoms with Crippen molar-refractivity contribution >= 4 is 0 Å². The Morgan fingerprint density at radius 3 is 2.82 bits per heavy atom. The second-order valence-corrected chi connectivity index (χ2v) is 4.29. The average molecular weight is 233 g/mol. The van der Waals surface area contributed by atoms with Crippen molar-refractivity contribution in [3.63, 3.8) is 0 Å². The van der Waals surface area contributed by atoms with Crippen LogP contribution in [-0.4, -0.2) is 16.7 Å². The van der Waals surface area contributed by atoms with Gasteiger partial charge >= 0.3 is 0 Å². The van der Waals surface area contributed by atoms with E-state index in [1.54, 1.807) is 0 Å². The second kappa shape index (κ2) is 5.19. The summed E-state index contributed by atoms with van der Waals surface area (Å²) in [6, 6.07) is 2.25. The smallest absolute Gasteiger partial charge is 0.106 e. The summed E-state index contributed by atoms with van der Waals surface area (Å²) < 4.78 is 5.60. The van der Waals surface area contributed by atoms with Crippen LogP contribution in [0.25, 0.3) is 0 Å². The van der Waals surface area contributed by atoms with Crippen LogP contribution in [-0.2, 0) is 0 Å². The van der Waals surface area contributed by atoms with Crippen molar-refractivity contribution in [3.05, 3.63) is 41.1 Å². The topological polar surface area (TPSA) is 53.9 Å². The maximum Gasteiger partial charge on any atom is 0.106 e. The molecule has 4 nitrogen and oxygen atoms in total. The number of aryl methyl sites for hydroxylation is 2. The van der Waals surface area contributed by atoms with Gasteiger partial charge in [-0.25, -0.2) is 0 Å². The van der Waals surface area contributed by atoms with Crippen LogP contribution >= 0.6 is 0 Å². The molecule has 0 aromatic carbocycles. The molecule has 0 saturated heterocycles. The third kappa shape index (κ3) is 2.58. The minimum Gasteiger partial charge on any atom is -0.466 e. The molecule has 0 radical (unpaired) electrons. The Hall–Kier alpha value is -1.55. The van der Waals surface area contributed by atoms with Gasteiger partial charge in [0, 0.05) is 17.3 Å². The van der Waals surface area contributed by atoms with E-state index in [1.165, 1.54) is 5.56 Å². The van der Waals surface area contributed by atoms with Crippen LogP contribution in [0.4, 0.5) is 0 Å². The number of H-pyrrole nitrogens is 1. The van der Waals surface area contributed by atoms with Crippen molar-refractivity contribution in [1.82, 2.24) is 15.5 Å². The highest BCUT2D eigenvalue weighted by Crippen LogP contribution is 2.26. The molecule has 0 amide bonds. The highest BCUT2D eigenvalue weighted by Gasteiger charge is 2.19. The molecule has 2 rings (SSSR count). The number of hydrogen-bond acceptors (Lipinski definition) is 3. The minimum atomic E-state index is 0.158. The van der Waals surface area contributed by atoms with Gasteiger partial charge in [0.05, 0.1) is 12.2 Å². The SMILES string of the molecule is CCCNC(c1cn[nH]c1)c1cc(C)oc1C. The lowest BCUT2D eigenvalue weighted by Crippen LogP contribution is -2.23. The van der Waals surface area contributed by atoms with E-state index >= 15 is 0 Å². The Morgan fingerprint density at radius 2 is 2.29 bits per heavy atom. The molecule has 4 heteroatoms. The van der Waals surface area contributed by atoms with Gasteiger partial charge in [0.2, 0.25) is 0 Å². The van der Waals surface area contributed by atoms with Crippen LogP contribution in [0.2, 0.25) is 0 Å². The summed E-state index contributed by atoms with van der Waals surface area (Å²) in [5, 5.41) is 10.4. The monoisotopic (exact) mass is 233 g/mol.